The third-order valence-corrected chi connectivity index (χ3v) is 8.09. The third kappa shape index (κ3) is 7.62. The molecule has 6 nitrogen and oxygen atoms in total. The molecular weight excluding hydrogens is 623 g/mol. The van der Waals surface area contributed by atoms with Crippen LogP contribution in [0, 0.1) is 5.82 Å². The summed E-state index contributed by atoms with van der Waals surface area (Å²) >= 11 is 3.67. The van der Waals surface area contributed by atoms with Gasteiger partial charge in [0, 0.05) is 41.6 Å². The highest BCUT2D eigenvalue weighted by Gasteiger charge is 2.53. The van der Waals surface area contributed by atoms with Gasteiger partial charge in [-0.2, -0.15) is 0 Å². The van der Waals surface area contributed by atoms with Crippen molar-refractivity contribution < 1.29 is 23.8 Å². The Hall–Kier alpha value is -4.27. The summed E-state index contributed by atoms with van der Waals surface area (Å²) in [6.45, 7) is 0.820. The van der Waals surface area contributed by atoms with Crippen molar-refractivity contribution in [3.05, 3.63) is 142 Å². The number of aliphatic imine (C=N–C) groups is 1. The van der Waals surface area contributed by atoms with Crippen LogP contribution in [0.25, 0.3) is 6.08 Å². The number of halogens is 2. The summed E-state index contributed by atoms with van der Waals surface area (Å²) in [5, 5.41) is 12.1. The van der Waals surface area contributed by atoms with Gasteiger partial charge in [0.15, 0.2) is 11.6 Å². The molecule has 0 unspecified atom stereocenters. The Morgan fingerprint density at radius 1 is 1.00 bits per heavy atom. The molecule has 0 radical (unpaired) electrons. The minimum atomic E-state index is -1.32. The van der Waals surface area contributed by atoms with Gasteiger partial charge < -0.3 is 19.9 Å². The van der Waals surface area contributed by atoms with E-state index in [1.807, 2.05) is 91.0 Å². The van der Waals surface area contributed by atoms with Gasteiger partial charge in [0.2, 0.25) is 5.90 Å². The predicted octanol–water partition coefficient (Wildman–Crippen LogP) is 7.07. The number of hydrogen-bond acceptors (Lipinski definition) is 5. The molecule has 8 heteroatoms. The molecule has 44 heavy (non-hydrogen) atoms. The topological polar surface area (TPSA) is 80.2 Å². The fraction of sp³-hybridized carbons (Fsp3) is 0.222. The Labute approximate surface area is 265 Å². The van der Waals surface area contributed by atoms with E-state index in [-0.39, 0.29) is 24.8 Å². The number of carbonyl (C=O) groups is 1. The molecule has 2 atom stereocenters. The van der Waals surface area contributed by atoms with Gasteiger partial charge in [0.25, 0.3) is 5.91 Å². The van der Waals surface area contributed by atoms with Gasteiger partial charge in [-0.15, -0.1) is 0 Å². The number of ether oxygens (including phenoxy) is 2. The maximum absolute atomic E-state index is 14.3. The number of amides is 1. The minimum absolute atomic E-state index is 0.0614. The second-order valence-electron chi connectivity index (χ2n) is 10.5. The van der Waals surface area contributed by atoms with Crippen LogP contribution in [0.5, 0.6) is 5.75 Å². The van der Waals surface area contributed by atoms with Crippen molar-refractivity contribution in [2.45, 2.75) is 30.9 Å². The second kappa shape index (κ2) is 14.9. The summed E-state index contributed by atoms with van der Waals surface area (Å²) in [5.41, 5.74) is 2.13. The Kier molecular flexibility index (Phi) is 10.6. The summed E-state index contributed by atoms with van der Waals surface area (Å²) in [5.74, 6) is 0.457. The average molecular weight is 658 g/mol. The zero-order chi connectivity index (χ0) is 30.8. The first-order chi connectivity index (χ1) is 21.5. The molecule has 0 saturated heterocycles. The van der Waals surface area contributed by atoms with Crippen molar-refractivity contribution in [2.75, 3.05) is 19.8 Å². The maximum atomic E-state index is 14.3. The first-order valence-electron chi connectivity index (χ1n) is 14.6. The van der Waals surface area contributed by atoms with Gasteiger partial charge in [-0.25, -0.2) is 9.38 Å². The molecule has 1 amide bonds. The fourth-order valence-electron chi connectivity index (χ4n) is 5.04. The molecule has 1 heterocycles. The summed E-state index contributed by atoms with van der Waals surface area (Å²) < 4.78 is 26.5. The molecule has 5 rings (SSSR count). The van der Waals surface area contributed by atoms with Crippen LogP contribution in [0.2, 0.25) is 0 Å². The standard InChI is InChI=1S/C36H34BrFN2O4/c37-32-12-5-4-11-31(32)33-36(22-6-10-26-8-2-1-3-9-26,35(42)39-23-21-27-13-17-29(38)18-14-27)40-34(44-33)28-15-19-30(20-16-28)43-25-7-24-41/h1-6,8-20,33,41H,7,21-25H2,(H,39,42)/b10-6+/t33-,36-/m1/s1. The van der Waals surface area contributed by atoms with E-state index in [4.69, 9.17) is 19.6 Å². The summed E-state index contributed by atoms with van der Waals surface area (Å²) in [7, 11) is 0. The largest absolute Gasteiger partial charge is 0.494 e. The smallest absolute Gasteiger partial charge is 0.252 e. The Bertz CT molecular complexity index is 1590. The highest BCUT2D eigenvalue weighted by atomic mass is 79.9. The monoisotopic (exact) mass is 656 g/mol. The van der Waals surface area contributed by atoms with Crippen LogP contribution >= 0.6 is 15.9 Å². The first-order valence-corrected chi connectivity index (χ1v) is 15.4. The molecule has 4 aromatic carbocycles. The lowest BCUT2D eigenvalue weighted by atomic mass is 9.84. The highest BCUT2D eigenvalue weighted by molar-refractivity contribution is 9.10. The number of nitrogens with one attached hydrogen (secondary N) is 1. The van der Waals surface area contributed by atoms with E-state index < -0.39 is 11.6 Å². The normalized spacial score (nSPS) is 17.7. The van der Waals surface area contributed by atoms with E-state index in [1.165, 1.54) is 12.1 Å². The van der Waals surface area contributed by atoms with Crippen molar-refractivity contribution in [2.24, 2.45) is 4.99 Å². The summed E-state index contributed by atoms with van der Waals surface area (Å²) in [6.07, 6.45) is 4.59. The summed E-state index contributed by atoms with van der Waals surface area (Å²) in [4.78, 5) is 19.3. The van der Waals surface area contributed by atoms with Crippen LogP contribution in [-0.4, -0.2) is 42.2 Å². The van der Waals surface area contributed by atoms with Gasteiger partial charge in [0.05, 0.1) is 6.61 Å². The molecule has 0 aromatic heterocycles. The molecule has 4 aromatic rings. The van der Waals surface area contributed by atoms with Crippen molar-refractivity contribution in [1.29, 1.82) is 0 Å². The minimum Gasteiger partial charge on any atom is -0.494 e. The van der Waals surface area contributed by atoms with Crippen LogP contribution in [0.3, 0.4) is 0 Å². The number of nitrogens with zero attached hydrogens (tertiary/aromatic N) is 1. The highest BCUT2D eigenvalue weighted by Crippen LogP contribution is 2.45. The summed E-state index contributed by atoms with van der Waals surface area (Å²) in [6, 6.07) is 31.2. The second-order valence-corrected chi connectivity index (χ2v) is 11.3. The number of aliphatic hydroxyl groups is 1. The SMILES string of the molecule is O=C(NCCc1ccc(F)cc1)[C@]1(C/C=C/c2ccccc2)N=C(c2ccc(OCCCO)cc2)O[C@@H]1c1ccccc1Br. The van der Waals surface area contributed by atoms with Crippen molar-refractivity contribution in [1.82, 2.24) is 5.32 Å². The number of aliphatic hydroxyl groups excluding tert-OH is 1. The molecule has 2 N–H and O–H groups in total. The Morgan fingerprint density at radius 2 is 1.73 bits per heavy atom. The molecule has 0 spiro atoms. The molecule has 0 bridgehead atoms. The van der Waals surface area contributed by atoms with Gasteiger partial charge in [-0.3, -0.25) is 4.79 Å². The van der Waals surface area contributed by atoms with E-state index in [2.05, 4.69) is 21.2 Å². The lowest BCUT2D eigenvalue weighted by molar-refractivity contribution is -0.128. The number of rotatable bonds is 13. The molecule has 0 fully saturated rings. The van der Waals surface area contributed by atoms with E-state index in [0.717, 1.165) is 21.2 Å². The van der Waals surface area contributed by atoms with Crippen molar-refractivity contribution in [3.63, 3.8) is 0 Å². The molecular formula is C36H34BrFN2O4. The average Bonchev–Trinajstić information content (AvgIpc) is 3.43. The zero-order valence-electron chi connectivity index (χ0n) is 24.2. The molecule has 1 aliphatic rings. The molecule has 1 aliphatic heterocycles. The van der Waals surface area contributed by atoms with Gasteiger partial charge in [-0.1, -0.05) is 88.7 Å². The quantitative estimate of drug-likeness (QED) is 0.151. The first kappa shape index (κ1) is 31.2. The van der Waals surface area contributed by atoms with Gasteiger partial charge >= 0.3 is 0 Å². The van der Waals surface area contributed by atoms with Crippen molar-refractivity contribution >= 4 is 33.8 Å². The van der Waals surface area contributed by atoms with Crippen LogP contribution in [0.4, 0.5) is 4.39 Å². The Morgan fingerprint density at radius 3 is 2.45 bits per heavy atom. The van der Waals surface area contributed by atoms with Crippen LogP contribution in [0.1, 0.15) is 41.2 Å². The number of carbonyl (C=O) groups excluding carboxylic acids is 1. The Balaban J connectivity index is 1.49. The fourth-order valence-corrected chi connectivity index (χ4v) is 5.54. The van der Waals surface area contributed by atoms with Gasteiger partial charge in [-0.05, 0) is 60.0 Å². The van der Waals surface area contributed by atoms with Crippen LogP contribution in [0.15, 0.2) is 119 Å². The molecule has 0 aliphatic carbocycles. The predicted molar refractivity (Wildman–Crippen MR) is 174 cm³/mol. The molecule has 0 saturated carbocycles. The van der Waals surface area contributed by atoms with E-state index in [1.54, 1.807) is 12.1 Å². The lowest BCUT2D eigenvalue weighted by Crippen LogP contribution is -2.48. The van der Waals surface area contributed by atoms with E-state index in [9.17, 15) is 9.18 Å². The molecule has 226 valence electrons. The maximum Gasteiger partial charge on any atom is 0.252 e. The van der Waals surface area contributed by atoms with Crippen molar-refractivity contribution in [3.8, 4) is 5.75 Å². The third-order valence-electron chi connectivity index (χ3n) is 7.37. The number of hydrogen-bond donors (Lipinski definition) is 2. The van der Waals surface area contributed by atoms with Crippen LogP contribution < -0.4 is 10.1 Å². The zero-order valence-corrected chi connectivity index (χ0v) is 25.8. The lowest BCUT2D eigenvalue weighted by Gasteiger charge is -2.30. The van der Waals surface area contributed by atoms with Crippen LogP contribution in [-0.2, 0) is 16.0 Å². The van der Waals surface area contributed by atoms with E-state index in [0.29, 0.717) is 43.2 Å². The van der Waals surface area contributed by atoms with Gasteiger partial charge in [0.1, 0.15) is 11.6 Å². The van der Waals surface area contributed by atoms with E-state index >= 15 is 0 Å². The number of benzene rings is 4.